The molecule has 0 aliphatic rings. The van der Waals surface area contributed by atoms with E-state index in [1.165, 1.54) is 18.0 Å². The molecule has 5 nitrogen and oxygen atoms in total. The molecule has 2 aromatic rings. The lowest BCUT2D eigenvalue weighted by Crippen LogP contribution is -1.94. The molecule has 0 fully saturated rings. The standard InChI is InChI=1S/C8H6N4O/c1-13-7-2-3-12-8(6(7)4-9)10-5-11-12/h2-3,5H,1H3. The summed E-state index contributed by atoms with van der Waals surface area (Å²) in [6.07, 6.45) is 3.09. The van der Waals surface area contributed by atoms with Crippen molar-refractivity contribution in [3.8, 4) is 11.8 Å². The van der Waals surface area contributed by atoms with E-state index in [-0.39, 0.29) is 0 Å². The number of pyridine rings is 1. The van der Waals surface area contributed by atoms with Gasteiger partial charge in [-0.1, -0.05) is 0 Å². The minimum atomic E-state index is 0.405. The van der Waals surface area contributed by atoms with Crippen LogP contribution in [-0.4, -0.2) is 21.7 Å². The van der Waals surface area contributed by atoms with Crippen LogP contribution in [0.25, 0.3) is 5.65 Å². The summed E-state index contributed by atoms with van der Waals surface area (Å²) >= 11 is 0. The van der Waals surface area contributed by atoms with Crippen LogP contribution in [-0.2, 0) is 0 Å². The molecular weight excluding hydrogens is 168 g/mol. The second-order valence-electron chi connectivity index (χ2n) is 2.40. The molecule has 0 N–H and O–H groups in total. The van der Waals surface area contributed by atoms with Crippen molar-refractivity contribution >= 4 is 5.65 Å². The molecule has 0 unspecified atom stereocenters. The zero-order valence-corrected chi connectivity index (χ0v) is 6.93. The lowest BCUT2D eigenvalue weighted by Gasteiger charge is -2.01. The van der Waals surface area contributed by atoms with Gasteiger partial charge >= 0.3 is 0 Å². The average Bonchev–Trinajstić information content (AvgIpc) is 2.63. The highest BCUT2D eigenvalue weighted by atomic mass is 16.5. The fourth-order valence-electron chi connectivity index (χ4n) is 1.15. The summed E-state index contributed by atoms with van der Waals surface area (Å²) in [7, 11) is 1.52. The van der Waals surface area contributed by atoms with Crippen molar-refractivity contribution in [1.82, 2.24) is 14.6 Å². The molecule has 64 valence electrons. The van der Waals surface area contributed by atoms with E-state index in [0.717, 1.165) is 0 Å². The van der Waals surface area contributed by atoms with Crippen LogP contribution in [0.1, 0.15) is 5.56 Å². The molecule has 2 heterocycles. The van der Waals surface area contributed by atoms with Gasteiger partial charge in [0.15, 0.2) is 5.65 Å². The number of nitrogens with zero attached hydrogens (tertiary/aromatic N) is 4. The van der Waals surface area contributed by atoms with E-state index in [1.54, 1.807) is 12.3 Å². The lowest BCUT2D eigenvalue weighted by molar-refractivity contribution is 0.413. The van der Waals surface area contributed by atoms with Crippen LogP contribution in [0.3, 0.4) is 0 Å². The van der Waals surface area contributed by atoms with Crippen molar-refractivity contribution in [2.75, 3.05) is 7.11 Å². The molecule has 0 atom stereocenters. The fourth-order valence-corrected chi connectivity index (χ4v) is 1.15. The minimum Gasteiger partial charge on any atom is -0.495 e. The molecule has 0 aliphatic heterocycles. The van der Waals surface area contributed by atoms with Crippen LogP contribution in [0.2, 0.25) is 0 Å². The van der Waals surface area contributed by atoms with Gasteiger partial charge in [0.05, 0.1) is 7.11 Å². The van der Waals surface area contributed by atoms with Crippen molar-refractivity contribution in [2.45, 2.75) is 0 Å². The molecule has 2 rings (SSSR count). The highest BCUT2D eigenvalue weighted by Gasteiger charge is 2.08. The van der Waals surface area contributed by atoms with Crippen molar-refractivity contribution in [1.29, 1.82) is 5.26 Å². The molecule has 0 aliphatic carbocycles. The average molecular weight is 174 g/mol. The first kappa shape index (κ1) is 7.55. The Balaban J connectivity index is 2.84. The summed E-state index contributed by atoms with van der Waals surface area (Å²) in [6.45, 7) is 0. The molecule has 0 aromatic carbocycles. The number of ether oxygens (including phenoxy) is 1. The third-order valence-electron chi connectivity index (χ3n) is 1.74. The monoisotopic (exact) mass is 174 g/mol. The Hall–Kier alpha value is -2.09. The van der Waals surface area contributed by atoms with Gasteiger partial charge in [-0.25, -0.2) is 9.50 Å². The minimum absolute atomic E-state index is 0.405. The predicted molar refractivity (Wildman–Crippen MR) is 44.3 cm³/mol. The predicted octanol–water partition coefficient (Wildman–Crippen LogP) is 0.610. The van der Waals surface area contributed by atoms with Gasteiger partial charge in [0.2, 0.25) is 0 Å². The van der Waals surface area contributed by atoms with Crippen LogP contribution in [0.15, 0.2) is 18.6 Å². The maximum Gasteiger partial charge on any atom is 0.176 e. The highest BCUT2D eigenvalue weighted by Crippen LogP contribution is 2.19. The molecule has 0 bridgehead atoms. The molecule has 2 aromatic heterocycles. The van der Waals surface area contributed by atoms with Crippen LogP contribution in [0, 0.1) is 11.3 Å². The second-order valence-corrected chi connectivity index (χ2v) is 2.40. The Labute approximate surface area is 74.2 Å². The normalized spacial score (nSPS) is 9.85. The van der Waals surface area contributed by atoms with E-state index in [0.29, 0.717) is 17.0 Å². The number of rotatable bonds is 1. The Morgan fingerprint density at radius 2 is 2.46 bits per heavy atom. The van der Waals surface area contributed by atoms with Crippen molar-refractivity contribution < 1.29 is 4.74 Å². The molecule has 0 saturated heterocycles. The summed E-state index contributed by atoms with van der Waals surface area (Å²) in [4.78, 5) is 3.95. The first-order valence-corrected chi connectivity index (χ1v) is 3.63. The Morgan fingerprint density at radius 3 is 3.15 bits per heavy atom. The maximum absolute atomic E-state index is 8.85. The quantitative estimate of drug-likeness (QED) is 0.635. The zero-order chi connectivity index (χ0) is 9.26. The Morgan fingerprint density at radius 1 is 1.62 bits per heavy atom. The molecule has 0 radical (unpaired) electrons. The van der Waals surface area contributed by atoms with Crippen LogP contribution in [0.5, 0.6) is 5.75 Å². The molecule has 0 saturated carbocycles. The van der Waals surface area contributed by atoms with Crippen molar-refractivity contribution in [3.05, 3.63) is 24.2 Å². The highest BCUT2D eigenvalue weighted by molar-refractivity contribution is 5.60. The van der Waals surface area contributed by atoms with Gasteiger partial charge in [-0.15, -0.1) is 0 Å². The lowest BCUT2D eigenvalue weighted by atomic mass is 10.2. The Bertz CT molecular complexity index is 482. The molecular formula is C8H6N4O. The molecule has 0 amide bonds. The van der Waals surface area contributed by atoms with Gasteiger partial charge in [-0.05, 0) is 0 Å². The van der Waals surface area contributed by atoms with Gasteiger partial charge < -0.3 is 4.74 Å². The van der Waals surface area contributed by atoms with E-state index in [9.17, 15) is 0 Å². The summed E-state index contributed by atoms with van der Waals surface area (Å²) in [5.74, 6) is 0.517. The molecule has 13 heavy (non-hydrogen) atoms. The van der Waals surface area contributed by atoms with Gasteiger partial charge in [0.25, 0.3) is 0 Å². The largest absolute Gasteiger partial charge is 0.495 e. The van der Waals surface area contributed by atoms with Gasteiger partial charge in [-0.3, -0.25) is 0 Å². The van der Waals surface area contributed by atoms with Crippen LogP contribution in [0.4, 0.5) is 0 Å². The van der Waals surface area contributed by atoms with Gasteiger partial charge in [0.1, 0.15) is 23.7 Å². The number of nitriles is 1. The number of fused-ring (bicyclic) bond motifs is 1. The van der Waals surface area contributed by atoms with Gasteiger partial charge in [-0.2, -0.15) is 10.4 Å². The maximum atomic E-state index is 8.85. The van der Waals surface area contributed by atoms with E-state index in [2.05, 4.69) is 10.1 Å². The van der Waals surface area contributed by atoms with E-state index >= 15 is 0 Å². The van der Waals surface area contributed by atoms with E-state index in [4.69, 9.17) is 10.00 Å². The summed E-state index contributed by atoms with van der Waals surface area (Å²) in [5.41, 5.74) is 0.921. The summed E-state index contributed by atoms with van der Waals surface area (Å²) in [6, 6.07) is 3.71. The first-order chi connectivity index (χ1) is 6.36. The van der Waals surface area contributed by atoms with E-state index in [1.807, 2.05) is 6.07 Å². The van der Waals surface area contributed by atoms with E-state index < -0.39 is 0 Å². The number of hydrogen-bond acceptors (Lipinski definition) is 4. The smallest absolute Gasteiger partial charge is 0.176 e. The first-order valence-electron chi connectivity index (χ1n) is 3.63. The third kappa shape index (κ3) is 0.999. The summed E-state index contributed by atoms with van der Waals surface area (Å²) in [5, 5.41) is 12.8. The van der Waals surface area contributed by atoms with Crippen molar-refractivity contribution in [2.24, 2.45) is 0 Å². The molecule has 5 heteroatoms. The topological polar surface area (TPSA) is 63.2 Å². The van der Waals surface area contributed by atoms with Crippen molar-refractivity contribution in [3.63, 3.8) is 0 Å². The summed E-state index contributed by atoms with van der Waals surface area (Å²) < 4.78 is 6.54. The van der Waals surface area contributed by atoms with Crippen LogP contribution >= 0.6 is 0 Å². The number of methoxy groups -OCH3 is 1. The fraction of sp³-hybridized carbons (Fsp3) is 0.125. The number of hydrogen-bond donors (Lipinski definition) is 0. The third-order valence-corrected chi connectivity index (χ3v) is 1.74. The second kappa shape index (κ2) is 2.75. The Kier molecular flexibility index (Phi) is 1.60. The zero-order valence-electron chi connectivity index (χ0n) is 6.93. The number of aromatic nitrogens is 3. The van der Waals surface area contributed by atoms with Gasteiger partial charge in [0, 0.05) is 12.3 Å². The van der Waals surface area contributed by atoms with Crippen LogP contribution < -0.4 is 4.74 Å². The molecule has 0 spiro atoms. The SMILES string of the molecule is COc1ccn2ncnc2c1C#N.